The summed E-state index contributed by atoms with van der Waals surface area (Å²) in [6.07, 6.45) is 8.48. The number of carbonyl (C=O) groups excluding carboxylic acids is 3. The molecule has 0 saturated carbocycles. The fraction of sp³-hybridized carbons (Fsp3) is 0.618. The minimum atomic E-state index is -1.07. The van der Waals surface area contributed by atoms with Crippen molar-refractivity contribution < 1.29 is 24.2 Å². The van der Waals surface area contributed by atoms with Crippen LogP contribution in [-0.2, 0) is 19.1 Å². The van der Waals surface area contributed by atoms with Crippen LogP contribution in [0.1, 0.15) is 69.9 Å². The fourth-order valence-electron chi connectivity index (χ4n) is 7.58. The lowest BCUT2D eigenvalue weighted by molar-refractivity contribution is -0.149. The molecule has 1 aromatic carbocycles. The number of likely N-dealkylation sites (tertiary alicyclic amines) is 1. The Balaban J connectivity index is 1.78. The first kappa shape index (κ1) is 32.0. The van der Waals surface area contributed by atoms with Crippen molar-refractivity contribution in [1.82, 2.24) is 9.80 Å². The van der Waals surface area contributed by atoms with Crippen molar-refractivity contribution in [2.75, 3.05) is 37.7 Å². The molecular weight excluding hydrogens is 530 g/mol. The number of anilines is 1. The second kappa shape index (κ2) is 13.1. The average molecular weight is 580 g/mol. The van der Waals surface area contributed by atoms with Gasteiger partial charge in [-0.3, -0.25) is 14.4 Å². The van der Waals surface area contributed by atoms with Gasteiger partial charge in [0, 0.05) is 38.5 Å². The maximum absolute atomic E-state index is 14.8. The van der Waals surface area contributed by atoms with E-state index in [9.17, 15) is 19.5 Å². The van der Waals surface area contributed by atoms with E-state index in [1.807, 2.05) is 45.9 Å². The quantitative estimate of drug-likeness (QED) is 0.243. The molecule has 0 aromatic heterocycles. The maximum Gasteiger partial charge on any atom is 0.253 e. The van der Waals surface area contributed by atoms with Crippen LogP contribution in [0, 0.1) is 25.7 Å². The summed E-state index contributed by atoms with van der Waals surface area (Å²) in [5.41, 5.74) is 0.893. The number of aliphatic hydroxyl groups excluding tert-OH is 1. The number of ether oxygens (including phenoxy) is 1. The lowest BCUT2D eigenvalue weighted by atomic mass is 9.66. The van der Waals surface area contributed by atoms with Crippen molar-refractivity contribution in [2.24, 2.45) is 11.8 Å². The third-order valence-electron chi connectivity index (χ3n) is 9.47. The maximum atomic E-state index is 14.8. The van der Waals surface area contributed by atoms with Crippen molar-refractivity contribution in [3.05, 3.63) is 54.6 Å². The SMILES string of the molecule is C=CCN(CCC)C(=O)[C@@H]1[C@H]2C(=O)N(CCCCCCO)C(C(=O)N(CC=C)c3cc(C)ccc3C)C23CC[C@@]1(C)O3. The molecule has 4 rings (SSSR count). The van der Waals surface area contributed by atoms with Gasteiger partial charge >= 0.3 is 0 Å². The minimum Gasteiger partial charge on any atom is -0.396 e. The normalized spacial score (nSPS) is 27.7. The van der Waals surface area contributed by atoms with E-state index in [4.69, 9.17) is 4.74 Å². The molecule has 2 unspecified atom stereocenters. The number of benzene rings is 1. The molecule has 1 spiro atoms. The van der Waals surface area contributed by atoms with Gasteiger partial charge in [-0.25, -0.2) is 0 Å². The highest BCUT2D eigenvalue weighted by Crippen LogP contribution is 2.63. The van der Waals surface area contributed by atoms with Gasteiger partial charge in [-0.2, -0.15) is 0 Å². The summed E-state index contributed by atoms with van der Waals surface area (Å²) < 4.78 is 6.87. The Labute approximate surface area is 251 Å². The monoisotopic (exact) mass is 579 g/mol. The summed E-state index contributed by atoms with van der Waals surface area (Å²) in [6.45, 7) is 17.5. The first-order chi connectivity index (χ1) is 20.1. The Morgan fingerprint density at radius 3 is 2.48 bits per heavy atom. The van der Waals surface area contributed by atoms with Gasteiger partial charge < -0.3 is 24.5 Å². The van der Waals surface area contributed by atoms with E-state index in [1.165, 1.54) is 0 Å². The van der Waals surface area contributed by atoms with Gasteiger partial charge in [0.1, 0.15) is 11.6 Å². The first-order valence-corrected chi connectivity index (χ1v) is 15.6. The number of hydrogen-bond donors (Lipinski definition) is 1. The number of fused-ring (bicyclic) bond motifs is 1. The molecule has 3 aliphatic heterocycles. The molecule has 3 saturated heterocycles. The summed E-state index contributed by atoms with van der Waals surface area (Å²) in [4.78, 5) is 48.7. The number of unbranched alkanes of at least 4 members (excludes halogenated alkanes) is 3. The Morgan fingerprint density at radius 2 is 1.81 bits per heavy atom. The van der Waals surface area contributed by atoms with Crippen molar-refractivity contribution in [1.29, 1.82) is 0 Å². The topological polar surface area (TPSA) is 90.4 Å². The third-order valence-corrected chi connectivity index (χ3v) is 9.47. The zero-order valence-corrected chi connectivity index (χ0v) is 25.9. The third kappa shape index (κ3) is 5.55. The van der Waals surface area contributed by atoms with Crippen LogP contribution >= 0.6 is 0 Å². The van der Waals surface area contributed by atoms with Crippen LogP contribution in [0.5, 0.6) is 0 Å². The summed E-state index contributed by atoms with van der Waals surface area (Å²) in [5.74, 6) is -1.82. The number of nitrogens with zero attached hydrogens (tertiary/aromatic N) is 3. The largest absolute Gasteiger partial charge is 0.396 e. The Morgan fingerprint density at radius 1 is 1.10 bits per heavy atom. The highest BCUT2D eigenvalue weighted by molar-refractivity contribution is 6.05. The van der Waals surface area contributed by atoms with Crippen LogP contribution in [0.3, 0.4) is 0 Å². The number of hydrogen-bond acceptors (Lipinski definition) is 5. The number of amides is 3. The number of carbonyl (C=O) groups is 3. The van der Waals surface area contributed by atoms with Gasteiger partial charge in [0.25, 0.3) is 5.91 Å². The van der Waals surface area contributed by atoms with E-state index in [1.54, 1.807) is 26.9 Å². The van der Waals surface area contributed by atoms with E-state index >= 15 is 0 Å². The summed E-state index contributed by atoms with van der Waals surface area (Å²) in [6, 6.07) is 5.18. The second-order valence-electron chi connectivity index (χ2n) is 12.5. The van der Waals surface area contributed by atoms with E-state index in [0.29, 0.717) is 51.9 Å². The molecule has 0 aliphatic carbocycles. The fourth-order valence-corrected chi connectivity index (χ4v) is 7.58. The van der Waals surface area contributed by atoms with Crippen LogP contribution in [-0.4, -0.2) is 82.7 Å². The van der Waals surface area contributed by atoms with Crippen molar-refractivity contribution in [3.63, 3.8) is 0 Å². The van der Waals surface area contributed by atoms with Crippen LogP contribution < -0.4 is 4.90 Å². The molecule has 1 N–H and O–H groups in total. The van der Waals surface area contributed by atoms with E-state index < -0.39 is 29.1 Å². The molecule has 1 aromatic rings. The van der Waals surface area contributed by atoms with Crippen LogP contribution in [0.15, 0.2) is 43.5 Å². The standard InChI is InChI=1S/C34H49N3O5/c1-7-18-35(19-8-2)30(39)27-28-31(40)37(21-12-10-11-13-22-38)29(34(28)17-16-33(27,6)42-34)32(41)36(20-9-3)26-23-24(4)14-15-25(26)5/h7,9,14-15,23,27-29,38H,1,3,8,10-13,16-22H2,2,4-6H3/t27-,28-,29?,33+,34?/m0/s1. The van der Waals surface area contributed by atoms with Crippen molar-refractivity contribution >= 4 is 23.4 Å². The van der Waals surface area contributed by atoms with Crippen LogP contribution in [0.4, 0.5) is 5.69 Å². The van der Waals surface area contributed by atoms with Gasteiger partial charge in [-0.05, 0) is 70.1 Å². The zero-order chi connectivity index (χ0) is 30.7. The van der Waals surface area contributed by atoms with Gasteiger partial charge in [0.2, 0.25) is 11.8 Å². The van der Waals surface area contributed by atoms with Gasteiger partial charge in [-0.15, -0.1) is 13.2 Å². The Bertz CT molecular complexity index is 1200. The summed E-state index contributed by atoms with van der Waals surface area (Å²) >= 11 is 0. The Hall–Kier alpha value is -2.97. The van der Waals surface area contributed by atoms with Crippen molar-refractivity contribution in [3.8, 4) is 0 Å². The van der Waals surface area contributed by atoms with Crippen molar-refractivity contribution in [2.45, 2.75) is 89.9 Å². The molecule has 3 amide bonds. The molecule has 0 radical (unpaired) electrons. The smallest absolute Gasteiger partial charge is 0.253 e. The van der Waals surface area contributed by atoms with E-state index in [0.717, 1.165) is 36.1 Å². The predicted molar refractivity (Wildman–Crippen MR) is 165 cm³/mol. The van der Waals surface area contributed by atoms with Crippen LogP contribution in [0.25, 0.3) is 0 Å². The van der Waals surface area contributed by atoms with E-state index in [-0.39, 0.29) is 24.3 Å². The molecule has 42 heavy (non-hydrogen) atoms. The molecule has 3 heterocycles. The summed E-state index contributed by atoms with van der Waals surface area (Å²) in [7, 11) is 0. The number of aryl methyl sites for hydroxylation is 2. The van der Waals surface area contributed by atoms with Crippen LogP contribution in [0.2, 0.25) is 0 Å². The molecular formula is C34H49N3O5. The minimum absolute atomic E-state index is 0.0901. The first-order valence-electron chi connectivity index (χ1n) is 15.6. The van der Waals surface area contributed by atoms with Gasteiger partial charge in [0.05, 0.1) is 17.4 Å². The predicted octanol–water partition coefficient (Wildman–Crippen LogP) is 4.56. The highest BCUT2D eigenvalue weighted by Gasteiger charge is 2.78. The lowest BCUT2D eigenvalue weighted by Crippen LogP contribution is -2.56. The average Bonchev–Trinajstić information content (AvgIpc) is 3.53. The molecule has 8 heteroatoms. The molecule has 3 aliphatic rings. The van der Waals surface area contributed by atoms with E-state index in [2.05, 4.69) is 13.2 Å². The molecule has 8 nitrogen and oxygen atoms in total. The second-order valence-corrected chi connectivity index (χ2v) is 12.5. The van der Waals surface area contributed by atoms with Gasteiger partial charge in [-0.1, -0.05) is 44.1 Å². The summed E-state index contributed by atoms with van der Waals surface area (Å²) in [5, 5.41) is 9.22. The number of rotatable bonds is 15. The molecule has 3 fully saturated rings. The Kier molecular flexibility index (Phi) is 9.99. The zero-order valence-electron chi connectivity index (χ0n) is 25.9. The van der Waals surface area contributed by atoms with Gasteiger partial charge in [0.15, 0.2) is 0 Å². The number of aliphatic hydroxyl groups is 1. The lowest BCUT2D eigenvalue weighted by Gasteiger charge is -2.37. The molecule has 230 valence electrons. The molecule has 5 atom stereocenters. The molecule has 2 bridgehead atoms. The highest BCUT2D eigenvalue weighted by atomic mass is 16.5.